The van der Waals surface area contributed by atoms with Gasteiger partial charge >= 0.3 is 0 Å². The van der Waals surface area contributed by atoms with Crippen LogP contribution in [0.25, 0.3) is 0 Å². The average Bonchev–Trinajstić information content (AvgIpc) is 2.07. The lowest BCUT2D eigenvalue weighted by molar-refractivity contribution is 0.522. The summed E-state index contributed by atoms with van der Waals surface area (Å²) in [4.78, 5) is 0. The van der Waals surface area contributed by atoms with E-state index in [1.807, 2.05) is 23.5 Å². The van der Waals surface area contributed by atoms with E-state index in [0.717, 1.165) is 13.1 Å². The van der Waals surface area contributed by atoms with Crippen molar-refractivity contribution in [3.63, 3.8) is 0 Å². The van der Waals surface area contributed by atoms with Gasteiger partial charge in [0.25, 0.3) is 0 Å². The first-order valence-corrected chi connectivity index (χ1v) is 6.99. The van der Waals surface area contributed by atoms with Crippen molar-refractivity contribution in [2.24, 2.45) is 0 Å². The molecule has 0 saturated heterocycles. The van der Waals surface area contributed by atoms with Gasteiger partial charge in [-0.15, -0.1) is 23.5 Å². The van der Waals surface area contributed by atoms with Crippen molar-refractivity contribution in [1.29, 1.82) is 0 Å². The zero-order chi connectivity index (χ0) is 8.69. The van der Waals surface area contributed by atoms with Crippen LogP contribution in [0.1, 0.15) is 13.8 Å². The van der Waals surface area contributed by atoms with Crippen LogP contribution >= 0.6 is 31.9 Å². The molecule has 0 saturated carbocycles. The molecule has 0 rings (SSSR count). The quantitative estimate of drug-likeness (QED) is 0.641. The molecule has 0 amide bonds. The molecule has 0 spiro atoms. The van der Waals surface area contributed by atoms with Gasteiger partial charge in [0.1, 0.15) is 0 Å². The maximum Gasteiger partial charge on any atom is 0.0784 e. The summed E-state index contributed by atoms with van der Waals surface area (Å²) in [6.07, 6.45) is 4.28. The van der Waals surface area contributed by atoms with E-state index in [4.69, 9.17) is 0 Å². The van der Waals surface area contributed by atoms with Crippen LogP contribution in [0, 0.1) is 0 Å². The molecule has 11 heavy (non-hydrogen) atoms. The molecule has 0 atom stereocenters. The SMILES string of the molecule is CCN(CC)P=C(SC)SC. The van der Waals surface area contributed by atoms with Crippen LogP contribution < -0.4 is 0 Å². The standard InChI is InChI=1S/C7H16NPS2/c1-5-8(6-2)9-7(10-3)11-4/h5-6H2,1-4H3. The van der Waals surface area contributed by atoms with E-state index in [-0.39, 0.29) is 0 Å². The van der Waals surface area contributed by atoms with E-state index in [2.05, 4.69) is 31.0 Å². The van der Waals surface area contributed by atoms with Crippen molar-refractivity contribution in [1.82, 2.24) is 4.67 Å². The first-order chi connectivity index (χ1) is 5.28. The Morgan fingerprint density at radius 1 is 1.18 bits per heavy atom. The molecule has 0 aliphatic rings. The van der Waals surface area contributed by atoms with E-state index in [9.17, 15) is 0 Å². The summed E-state index contributed by atoms with van der Waals surface area (Å²) in [6, 6.07) is 0. The molecule has 0 heterocycles. The molecular weight excluding hydrogens is 193 g/mol. The summed E-state index contributed by atoms with van der Waals surface area (Å²) in [5.41, 5.74) is 0. The van der Waals surface area contributed by atoms with Crippen LogP contribution in [0.5, 0.6) is 0 Å². The van der Waals surface area contributed by atoms with Gasteiger partial charge in [-0.25, -0.2) is 0 Å². The summed E-state index contributed by atoms with van der Waals surface area (Å²) in [5.74, 6) is 0. The summed E-state index contributed by atoms with van der Waals surface area (Å²) < 4.78 is 3.89. The fourth-order valence-electron chi connectivity index (χ4n) is 0.645. The van der Waals surface area contributed by atoms with E-state index >= 15 is 0 Å². The highest BCUT2D eigenvalue weighted by Crippen LogP contribution is 2.21. The summed E-state index contributed by atoms with van der Waals surface area (Å²) in [5, 5.41) is 0. The minimum Gasteiger partial charge on any atom is -0.257 e. The molecule has 0 unspecified atom stereocenters. The van der Waals surface area contributed by atoms with Crippen molar-refractivity contribution in [3.05, 3.63) is 0 Å². The molecular formula is C7H16NPS2. The smallest absolute Gasteiger partial charge is 0.0784 e. The van der Waals surface area contributed by atoms with Crippen LogP contribution in [0.2, 0.25) is 0 Å². The molecule has 0 aromatic heterocycles. The first-order valence-electron chi connectivity index (χ1n) is 3.70. The molecule has 0 aromatic rings. The Morgan fingerprint density at radius 2 is 1.64 bits per heavy atom. The molecule has 0 fully saturated rings. The first kappa shape index (κ1) is 11.8. The van der Waals surface area contributed by atoms with E-state index in [1.54, 1.807) is 0 Å². The molecule has 4 heteroatoms. The lowest BCUT2D eigenvalue weighted by Gasteiger charge is -2.12. The Hall–Kier alpha value is 0.830. The predicted molar refractivity (Wildman–Crippen MR) is 61.9 cm³/mol. The maximum atomic E-state index is 2.41. The zero-order valence-corrected chi connectivity index (χ0v) is 10.2. The third-order valence-corrected chi connectivity index (χ3v) is 5.60. The zero-order valence-electron chi connectivity index (χ0n) is 7.63. The number of nitrogens with zero attached hydrogens (tertiary/aromatic N) is 1. The Balaban J connectivity index is 3.98. The Kier molecular flexibility index (Phi) is 8.04. The Labute approximate surface area is 80.2 Å². The molecule has 0 aromatic carbocycles. The van der Waals surface area contributed by atoms with Crippen molar-refractivity contribution < 1.29 is 0 Å². The fraction of sp³-hybridized carbons (Fsp3) is 0.857. The second kappa shape index (κ2) is 7.48. The third-order valence-electron chi connectivity index (χ3n) is 1.30. The number of rotatable bonds is 5. The number of hydrogen-bond acceptors (Lipinski definition) is 3. The number of hydrogen-bond donors (Lipinski definition) is 0. The van der Waals surface area contributed by atoms with Gasteiger partial charge in [0.05, 0.1) is 3.96 Å². The van der Waals surface area contributed by atoms with E-state index in [1.165, 1.54) is 12.3 Å². The van der Waals surface area contributed by atoms with Crippen molar-refractivity contribution in [3.8, 4) is 0 Å². The normalized spacial score (nSPS) is 11.0. The highest BCUT2D eigenvalue weighted by atomic mass is 32.2. The second-order valence-corrected chi connectivity index (χ2v) is 5.62. The second-order valence-electron chi connectivity index (χ2n) is 1.91. The van der Waals surface area contributed by atoms with Gasteiger partial charge < -0.3 is 0 Å². The molecule has 0 aliphatic carbocycles. The van der Waals surface area contributed by atoms with Gasteiger partial charge in [0, 0.05) is 21.4 Å². The predicted octanol–water partition coefficient (Wildman–Crippen LogP) is 3.00. The fourth-order valence-corrected chi connectivity index (χ4v) is 3.17. The van der Waals surface area contributed by atoms with Gasteiger partial charge in [0.2, 0.25) is 0 Å². The van der Waals surface area contributed by atoms with Crippen molar-refractivity contribution >= 4 is 35.8 Å². The number of thioether (sulfide) groups is 2. The van der Waals surface area contributed by atoms with Crippen LogP contribution in [0.4, 0.5) is 0 Å². The Morgan fingerprint density at radius 3 is 1.91 bits per heavy atom. The molecule has 0 N–H and O–H groups in total. The third kappa shape index (κ3) is 5.13. The average molecular weight is 209 g/mol. The van der Waals surface area contributed by atoms with Gasteiger partial charge in [-0.1, -0.05) is 13.8 Å². The highest BCUT2D eigenvalue weighted by molar-refractivity contribution is 8.43. The highest BCUT2D eigenvalue weighted by Gasteiger charge is 1.97. The van der Waals surface area contributed by atoms with Gasteiger partial charge in [-0.3, -0.25) is 4.67 Å². The van der Waals surface area contributed by atoms with Crippen molar-refractivity contribution in [2.45, 2.75) is 13.8 Å². The minimum absolute atomic E-state index is 1.14. The summed E-state index contributed by atoms with van der Waals surface area (Å²) in [6.45, 7) is 6.69. The minimum atomic E-state index is 1.14. The molecule has 0 radical (unpaired) electrons. The van der Waals surface area contributed by atoms with Crippen LogP contribution in [0.15, 0.2) is 0 Å². The van der Waals surface area contributed by atoms with Crippen LogP contribution in [0.3, 0.4) is 0 Å². The Bertz CT molecular complexity index is 118. The van der Waals surface area contributed by atoms with E-state index < -0.39 is 0 Å². The van der Waals surface area contributed by atoms with Crippen LogP contribution in [-0.4, -0.2) is 34.2 Å². The lowest BCUT2D eigenvalue weighted by atomic mass is 10.7. The van der Waals surface area contributed by atoms with Gasteiger partial charge in [0.15, 0.2) is 0 Å². The lowest BCUT2D eigenvalue weighted by Crippen LogP contribution is -2.10. The molecule has 0 bridgehead atoms. The monoisotopic (exact) mass is 209 g/mol. The van der Waals surface area contributed by atoms with Crippen molar-refractivity contribution in [2.75, 3.05) is 25.6 Å². The van der Waals surface area contributed by atoms with Gasteiger partial charge in [-0.05, 0) is 12.5 Å². The summed E-state index contributed by atoms with van der Waals surface area (Å²) in [7, 11) is 1.38. The molecule has 0 aliphatic heterocycles. The topological polar surface area (TPSA) is 3.24 Å². The molecule has 1 nitrogen and oxygen atoms in total. The van der Waals surface area contributed by atoms with Gasteiger partial charge in [-0.2, -0.15) is 0 Å². The van der Waals surface area contributed by atoms with Crippen LogP contribution in [-0.2, 0) is 0 Å². The summed E-state index contributed by atoms with van der Waals surface area (Å²) >= 11 is 3.71. The largest absolute Gasteiger partial charge is 0.257 e. The maximum absolute atomic E-state index is 2.41. The van der Waals surface area contributed by atoms with E-state index in [0.29, 0.717) is 0 Å². The molecule has 66 valence electrons.